The Balaban J connectivity index is 2.01. The van der Waals surface area contributed by atoms with Crippen LogP contribution in [-0.4, -0.2) is 15.5 Å². The molecule has 2 N–H and O–H groups in total. The van der Waals surface area contributed by atoms with Crippen molar-refractivity contribution in [1.82, 2.24) is 9.55 Å². The van der Waals surface area contributed by atoms with E-state index in [1.807, 2.05) is 0 Å². The lowest BCUT2D eigenvalue weighted by Gasteiger charge is -2.14. The molecule has 3 aromatic rings. The van der Waals surface area contributed by atoms with E-state index in [2.05, 4.69) is 4.98 Å². The summed E-state index contributed by atoms with van der Waals surface area (Å²) in [6, 6.07) is 7.72. The van der Waals surface area contributed by atoms with Crippen molar-refractivity contribution in [2.75, 3.05) is 0 Å². The van der Waals surface area contributed by atoms with Crippen LogP contribution in [0.15, 0.2) is 36.5 Å². The van der Waals surface area contributed by atoms with Crippen LogP contribution in [0.25, 0.3) is 0 Å². The Morgan fingerprint density at radius 2 is 2.10 bits per heavy atom. The van der Waals surface area contributed by atoms with E-state index in [9.17, 15) is 13.6 Å². The SMILES string of the molecule is Cc1ncc(C(N)=O)n1Cc1ccc(Cl)c(Oc2cc(C#N)cc(C(F)F)c2)c1F. The number of imidazole rings is 1. The van der Waals surface area contributed by atoms with Crippen LogP contribution in [-0.2, 0) is 6.54 Å². The summed E-state index contributed by atoms with van der Waals surface area (Å²) in [4.78, 5) is 15.6. The van der Waals surface area contributed by atoms with Gasteiger partial charge in [-0.25, -0.2) is 18.2 Å². The molecular weight excluding hydrogens is 421 g/mol. The summed E-state index contributed by atoms with van der Waals surface area (Å²) in [6.07, 6.45) is -1.56. The van der Waals surface area contributed by atoms with Crippen LogP contribution in [0, 0.1) is 24.1 Å². The fourth-order valence-electron chi connectivity index (χ4n) is 2.81. The maximum absolute atomic E-state index is 15.1. The molecule has 1 amide bonds. The second-order valence-electron chi connectivity index (χ2n) is 6.30. The quantitative estimate of drug-likeness (QED) is 0.606. The Kier molecular flexibility index (Phi) is 5.99. The van der Waals surface area contributed by atoms with E-state index in [1.54, 1.807) is 13.0 Å². The minimum atomic E-state index is -2.84. The molecule has 0 saturated carbocycles. The average Bonchev–Trinajstić information content (AvgIpc) is 3.07. The zero-order chi connectivity index (χ0) is 22.0. The molecule has 10 heteroatoms. The lowest BCUT2D eigenvalue weighted by atomic mass is 10.1. The minimum Gasteiger partial charge on any atom is -0.453 e. The highest BCUT2D eigenvalue weighted by Gasteiger charge is 2.19. The number of benzene rings is 2. The van der Waals surface area contributed by atoms with Crippen molar-refractivity contribution in [1.29, 1.82) is 5.26 Å². The predicted octanol–water partition coefficient (Wildman–Crippen LogP) is 4.73. The Hall–Kier alpha value is -3.51. The number of rotatable bonds is 6. The summed E-state index contributed by atoms with van der Waals surface area (Å²) in [5, 5.41) is 8.93. The molecule has 0 saturated heterocycles. The standard InChI is InChI=1S/C20H14ClF3N4O2/c1-10-27-8-16(20(26)29)28(10)9-12-2-3-15(21)18(17(12)22)30-14-5-11(7-25)4-13(6-14)19(23)24/h2-6,8,19H,9H2,1H3,(H2,26,29). The maximum Gasteiger partial charge on any atom is 0.266 e. The molecule has 1 aromatic heterocycles. The third-order valence-corrected chi connectivity index (χ3v) is 4.59. The van der Waals surface area contributed by atoms with Gasteiger partial charge in [-0.05, 0) is 31.2 Å². The molecule has 0 spiro atoms. The first-order valence-corrected chi connectivity index (χ1v) is 8.89. The fraction of sp³-hybridized carbons (Fsp3) is 0.150. The van der Waals surface area contributed by atoms with Gasteiger partial charge in [-0.2, -0.15) is 5.26 Å². The zero-order valence-corrected chi connectivity index (χ0v) is 16.3. The van der Waals surface area contributed by atoms with Crippen molar-refractivity contribution in [3.05, 3.63) is 75.6 Å². The van der Waals surface area contributed by atoms with Gasteiger partial charge in [0.25, 0.3) is 12.3 Å². The van der Waals surface area contributed by atoms with Gasteiger partial charge in [0.1, 0.15) is 17.3 Å². The third kappa shape index (κ3) is 4.23. The number of nitrogens with two attached hydrogens (primary N) is 1. The molecule has 0 unspecified atom stereocenters. The molecule has 0 radical (unpaired) electrons. The van der Waals surface area contributed by atoms with Crippen molar-refractivity contribution in [3.63, 3.8) is 0 Å². The van der Waals surface area contributed by atoms with Gasteiger partial charge in [-0.1, -0.05) is 17.7 Å². The summed E-state index contributed by atoms with van der Waals surface area (Å²) < 4.78 is 48.1. The van der Waals surface area contributed by atoms with Gasteiger partial charge in [-0.3, -0.25) is 4.79 Å². The molecule has 6 nitrogen and oxygen atoms in total. The van der Waals surface area contributed by atoms with Gasteiger partial charge in [0.2, 0.25) is 0 Å². The second kappa shape index (κ2) is 8.47. The number of aromatic nitrogens is 2. The smallest absolute Gasteiger partial charge is 0.266 e. The lowest BCUT2D eigenvalue weighted by Crippen LogP contribution is -2.18. The monoisotopic (exact) mass is 434 g/mol. The summed E-state index contributed by atoms with van der Waals surface area (Å²) in [6.45, 7) is 1.53. The zero-order valence-electron chi connectivity index (χ0n) is 15.5. The van der Waals surface area contributed by atoms with Crippen LogP contribution in [0.2, 0.25) is 5.02 Å². The van der Waals surface area contributed by atoms with Crippen molar-refractivity contribution in [2.45, 2.75) is 19.9 Å². The van der Waals surface area contributed by atoms with Gasteiger partial charge in [0.05, 0.1) is 29.4 Å². The summed E-state index contributed by atoms with van der Waals surface area (Å²) in [5.41, 5.74) is 4.98. The molecular formula is C20H14ClF3N4O2. The summed E-state index contributed by atoms with van der Waals surface area (Å²) >= 11 is 6.05. The molecule has 3 rings (SSSR count). The third-order valence-electron chi connectivity index (χ3n) is 4.29. The van der Waals surface area contributed by atoms with E-state index < -0.39 is 29.5 Å². The normalized spacial score (nSPS) is 10.8. The van der Waals surface area contributed by atoms with Crippen LogP contribution in [0.1, 0.15) is 39.4 Å². The van der Waals surface area contributed by atoms with Crippen LogP contribution < -0.4 is 10.5 Å². The Bertz CT molecular complexity index is 1170. The number of aryl methyl sites for hydroxylation is 1. The van der Waals surface area contributed by atoms with Crippen LogP contribution in [0.5, 0.6) is 11.5 Å². The first kappa shape index (κ1) is 21.2. The number of nitriles is 1. The number of nitrogens with zero attached hydrogens (tertiary/aromatic N) is 3. The average molecular weight is 435 g/mol. The first-order chi connectivity index (χ1) is 14.2. The molecule has 2 aromatic carbocycles. The number of alkyl halides is 2. The topological polar surface area (TPSA) is 93.9 Å². The van der Waals surface area contributed by atoms with Crippen molar-refractivity contribution in [3.8, 4) is 17.6 Å². The van der Waals surface area contributed by atoms with Gasteiger partial charge < -0.3 is 15.0 Å². The molecule has 0 bridgehead atoms. The van der Waals surface area contributed by atoms with E-state index in [1.165, 1.54) is 29.0 Å². The second-order valence-corrected chi connectivity index (χ2v) is 6.70. The highest BCUT2D eigenvalue weighted by molar-refractivity contribution is 6.32. The van der Waals surface area contributed by atoms with Gasteiger partial charge >= 0.3 is 0 Å². The number of ether oxygens (including phenoxy) is 1. The molecule has 0 aliphatic rings. The number of carbonyl (C=O) groups is 1. The number of hydrogen-bond donors (Lipinski definition) is 1. The van der Waals surface area contributed by atoms with Gasteiger partial charge in [0, 0.05) is 11.1 Å². The number of primary amides is 1. The van der Waals surface area contributed by atoms with Gasteiger partial charge in [-0.15, -0.1) is 0 Å². The van der Waals surface area contributed by atoms with Crippen molar-refractivity contribution < 1.29 is 22.7 Å². The molecule has 154 valence electrons. The first-order valence-electron chi connectivity index (χ1n) is 8.51. The fourth-order valence-corrected chi connectivity index (χ4v) is 3.00. The van der Waals surface area contributed by atoms with E-state index >= 15 is 4.39 Å². The summed E-state index contributed by atoms with van der Waals surface area (Å²) in [7, 11) is 0. The van der Waals surface area contributed by atoms with Crippen LogP contribution in [0.4, 0.5) is 13.2 Å². The van der Waals surface area contributed by atoms with Crippen LogP contribution >= 0.6 is 11.6 Å². The molecule has 0 aliphatic carbocycles. The summed E-state index contributed by atoms with van der Waals surface area (Å²) in [5.74, 6) is -1.72. The van der Waals surface area contributed by atoms with Crippen LogP contribution in [0.3, 0.4) is 0 Å². The predicted molar refractivity (Wildman–Crippen MR) is 102 cm³/mol. The lowest BCUT2D eigenvalue weighted by molar-refractivity contribution is 0.0991. The van der Waals surface area contributed by atoms with Gasteiger partial charge in [0.15, 0.2) is 11.6 Å². The highest BCUT2D eigenvalue weighted by atomic mass is 35.5. The van der Waals surface area contributed by atoms with E-state index in [0.717, 1.165) is 12.1 Å². The number of hydrogen-bond acceptors (Lipinski definition) is 4. The minimum absolute atomic E-state index is 0.0735. The number of carbonyl (C=O) groups excluding carboxylic acids is 1. The molecule has 0 atom stereocenters. The number of halogens is 4. The Morgan fingerprint density at radius 3 is 2.73 bits per heavy atom. The molecule has 0 fully saturated rings. The Morgan fingerprint density at radius 1 is 1.37 bits per heavy atom. The Labute approximate surface area is 174 Å². The van der Waals surface area contributed by atoms with E-state index in [0.29, 0.717) is 5.82 Å². The molecule has 1 heterocycles. The largest absolute Gasteiger partial charge is 0.453 e. The molecule has 0 aliphatic heterocycles. The molecule has 30 heavy (non-hydrogen) atoms. The van der Waals surface area contributed by atoms with E-state index in [-0.39, 0.29) is 34.1 Å². The highest BCUT2D eigenvalue weighted by Crippen LogP contribution is 2.36. The van der Waals surface area contributed by atoms with E-state index in [4.69, 9.17) is 27.3 Å². The maximum atomic E-state index is 15.1. The van der Waals surface area contributed by atoms with Crippen molar-refractivity contribution in [2.24, 2.45) is 5.73 Å². The van der Waals surface area contributed by atoms with Crippen molar-refractivity contribution >= 4 is 17.5 Å². The number of amides is 1.